The standard InChI is InChI=1S/C13H19ClO3/c1-13(2,3)17-8-7-16-12-6-4-5-11(14)10(12)9-15/h4-6,15H,7-9H2,1-3H3. The summed E-state index contributed by atoms with van der Waals surface area (Å²) in [6, 6.07) is 5.31. The topological polar surface area (TPSA) is 38.7 Å². The van der Waals surface area contributed by atoms with Crippen LogP contribution in [0.4, 0.5) is 0 Å². The van der Waals surface area contributed by atoms with Gasteiger partial charge in [-0.3, -0.25) is 0 Å². The van der Waals surface area contributed by atoms with E-state index in [2.05, 4.69) is 0 Å². The van der Waals surface area contributed by atoms with Crippen molar-refractivity contribution in [2.24, 2.45) is 0 Å². The number of benzene rings is 1. The average Bonchev–Trinajstić information content (AvgIpc) is 2.23. The van der Waals surface area contributed by atoms with Crippen molar-refractivity contribution in [1.82, 2.24) is 0 Å². The Morgan fingerprint density at radius 2 is 1.94 bits per heavy atom. The number of hydrogen-bond donors (Lipinski definition) is 1. The molecule has 1 rings (SSSR count). The molecular weight excluding hydrogens is 240 g/mol. The van der Waals surface area contributed by atoms with Gasteiger partial charge in [0.05, 0.1) is 18.8 Å². The van der Waals surface area contributed by atoms with E-state index in [1.54, 1.807) is 18.2 Å². The first-order chi connectivity index (χ1) is 7.94. The highest BCUT2D eigenvalue weighted by Crippen LogP contribution is 2.26. The molecule has 1 aromatic carbocycles. The Balaban J connectivity index is 2.49. The smallest absolute Gasteiger partial charge is 0.126 e. The minimum absolute atomic E-state index is 0.130. The average molecular weight is 259 g/mol. The van der Waals surface area contributed by atoms with Crippen LogP contribution in [-0.4, -0.2) is 23.9 Å². The molecule has 1 N–H and O–H groups in total. The fourth-order valence-corrected chi connectivity index (χ4v) is 1.55. The molecule has 0 saturated heterocycles. The first kappa shape index (κ1) is 14.3. The lowest BCUT2D eigenvalue weighted by Crippen LogP contribution is -2.22. The number of rotatable bonds is 5. The third kappa shape index (κ3) is 4.94. The second kappa shape index (κ2) is 6.24. The molecule has 0 aliphatic carbocycles. The molecule has 3 nitrogen and oxygen atoms in total. The zero-order chi connectivity index (χ0) is 12.9. The Morgan fingerprint density at radius 1 is 1.24 bits per heavy atom. The number of ether oxygens (including phenoxy) is 2. The molecule has 0 heterocycles. The lowest BCUT2D eigenvalue weighted by Gasteiger charge is -2.20. The van der Waals surface area contributed by atoms with Crippen molar-refractivity contribution in [3.8, 4) is 5.75 Å². The zero-order valence-electron chi connectivity index (χ0n) is 10.5. The first-order valence-electron chi connectivity index (χ1n) is 5.59. The second-order valence-electron chi connectivity index (χ2n) is 4.68. The van der Waals surface area contributed by atoms with Crippen LogP contribution in [0.15, 0.2) is 18.2 Å². The van der Waals surface area contributed by atoms with Crippen molar-refractivity contribution >= 4 is 11.6 Å². The second-order valence-corrected chi connectivity index (χ2v) is 5.09. The van der Waals surface area contributed by atoms with Gasteiger partial charge in [0.2, 0.25) is 0 Å². The maximum atomic E-state index is 9.19. The Morgan fingerprint density at radius 3 is 2.53 bits per heavy atom. The predicted molar refractivity (Wildman–Crippen MR) is 68.6 cm³/mol. The van der Waals surface area contributed by atoms with Gasteiger partial charge in [0.1, 0.15) is 12.4 Å². The largest absolute Gasteiger partial charge is 0.491 e. The molecule has 0 aromatic heterocycles. The molecule has 17 heavy (non-hydrogen) atoms. The third-order valence-electron chi connectivity index (χ3n) is 2.11. The molecule has 0 unspecified atom stereocenters. The van der Waals surface area contributed by atoms with E-state index in [0.717, 1.165) is 0 Å². The number of hydrogen-bond acceptors (Lipinski definition) is 3. The van der Waals surface area contributed by atoms with Gasteiger partial charge < -0.3 is 14.6 Å². The van der Waals surface area contributed by atoms with Crippen molar-refractivity contribution in [2.45, 2.75) is 33.0 Å². The molecule has 0 radical (unpaired) electrons. The maximum absolute atomic E-state index is 9.19. The van der Waals surface area contributed by atoms with Crippen molar-refractivity contribution < 1.29 is 14.6 Å². The summed E-state index contributed by atoms with van der Waals surface area (Å²) >= 11 is 5.94. The summed E-state index contributed by atoms with van der Waals surface area (Å²) in [7, 11) is 0. The van der Waals surface area contributed by atoms with Crippen LogP contribution < -0.4 is 4.74 Å². The highest BCUT2D eigenvalue weighted by atomic mass is 35.5. The molecule has 0 spiro atoms. The molecule has 96 valence electrons. The third-order valence-corrected chi connectivity index (χ3v) is 2.46. The number of aliphatic hydroxyl groups is 1. The molecule has 1 aromatic rings. The van der Waals surface area contributed by atoms with Gasteiger partial charge in [0.15, 0.2) is 0 Å². The normalized spacial score (nSPS) is 11.6. The molecule has 0 bridgehead atoms. The van der Waals surface area contributed by atoms with Gasteiger partial charge in [-0.05, 0) is 32.9 Å². The highest BCUT2D eigenvalue weighted by Gasteiger charge is 2.10. The van der Waals surface area contributed by atoms with Gasteiger partial charge >= 0.3 is 0 Å². The summed E-state index contributed by atoms with van der Waals surface area (Å²) in [5, 5.41) is 9.70. The summed E-state index contributed by atoms with van der Waals surface area (Å²) in [4.78, 5) is 0. The highest BCUT2D eigenvalue weighted by molar-refractivity contribution is 6.31. The quantitative estimate of drug-likeness (QED) is 0.825. The SMILES string of the molecule is CC(C)(C)OCCOc1cccc(Cl)c1CO. The van der Waals surface area contributed by atoms with Crippen LogP contribution >= 0.6 is 11.6 Å². The van der Waals surface area contributed by atoms with Gasteiger partial charge in [0.25, 0.3) is 0 Å². The Hall–Kier alpha value is -0.770. The van der Waals surface area contributed by atoms with Gasteiger partial charge in [0, 0.05) is 10.6 Å². The molecule has 0 saturated carbocycles. The minimum Gasteiger partial charge on any atom is -0.491 e. The van der Waals surface area contributed by atoms with Crippen LogP contribution in [0.1, 0.15) is 26.3 Å². The summed E-state index contributed by atoms with van der Waals surface area (Å²) in [6.45, 7) is 6.78. The van der Waals surface area contributed by atoms with E-state index in [-0.39, 0.29) is 12.2 Å². The van der Waals surface area contributed by atoms with Crippen LogP contribution in [0, 0.1) is 0 Å². The fraction of sp³-hybridized carbons (Fsp3) is 0.538. The Kier molecular flexibility index (Phi) is 5.25. The molecular formula is C13H19ClO3. The van der Waals surface area contributed by atoms with E-state index >= 15 is 0 Å². The minimum atomic E-state index is -0.169. The molecule has 0 aliphatic rings. The lowest BCUT2D eigenvalue weighted by atomic mass is 10.2. The number of aliphatic hydroxyl groups excluding tert-OH is 1. The van der Waals surface area contributed by atoms with E-state index in [9.17, 15) is 5.11 Å². The van der Waals surface area contributed by atoms with E-state index in [0.29, 0.717) is 29.5 Å². The first-order valence-corrected chi connectivity index (χ1v) is 5.97. The van der Waals surface area contributed by atoms with Crippen molar-refractivity contribution in [3.05, 3.63) is 28.8 Å². The predicted octanol–water partition coefficient (Wildman–Crippen LogP) is 3.03. The monoisotopic (exact) mass is 258 g/mol. The van der Waals surface area contributed by atoms with E-state index in [4.69, 9.17) is 21.1 Å². The summed E-state index contributed by atoms with van der Waals surface area (Å²) in [5.41, 5.74) is 0.447. The lowest BCUT2D eigenvalue weighted by molar-refractivity contribution is -0.0165. The number of halogens is 1. The van der Waals surface area contributed by atoms with Crippen LogP contribution in [0.2, 0.25) is 5.02 Å². The van der Waals surface area contributed by atoms with Crippen LogP contribution in [0.3, 0.4) is 0 Å². The van der Waals surface area contributed by atoms with Crippen LogP contribution in [0.25, 0.3) is 0 Å². The van der Waals surface area contributed by atoms with Gasteiger partial charge in [-0.25, -0.2) is 0 Å². The molecule has 4 heteroatoms. The fourth-order valence-electron chi connectivity index (χ4n) is 1.33. The molecule has 0 aliphatic heterocycles. The van der Waals surface area contributed by atoms with Crippen molar-refractivity contribution in [1.29, 1.82) is 0 Å². The van der Waals surface area contributed by atoms with Crippen molar-refractivity contribution in [3.63, 3.8) is 0 Å². The van der Waals surface area contributed by atoms with Gasteiger partial charge in [-0.2, -0.15) is 0 Å². The van der Waals surface area contributed by atoms with E-state index in [1.165, 1.54) is 0 Å². The summed E-state index contributed by atoms with van der Waals surface area (Å²) in [6.07, 6.45) is 0. The zero-order valence-corrected chi connectivity index (χ0v) is 11.3. The van der Waals surface area contributed by atoms with Gasteiger partial charge in [-0.15, -0.1) is 0 Å². The van der Waals surface area contributed by atoms with Crippen LogP contribution in [0.5, 0.6) is 5.75 Å². The van der Waals surface area contributed by atoms with E-state index < -0.39 is 0 Å². The summed E-state index contributed by atoms with van der Waals surface area (Å²) in [5.74, 6) is 0.609. The summed E-state index contributed by atoms with van der Waals surface area (Å²) < 4.78 is 11.1. The van der Waals surface area contributed by atoms with Gasteiger partial charge in [-0.1, -0.05) is 17.7 Å². The molecule has 0 atom stereocenters. The van der Waals surface area contributed by atoms with Crippen molar-refractivity contribution in [2.75, 3.05) is 13.2 Å². The van der Waals surface area contributed by atoms with Crippen LogP contribution in [-0.2, 0) is 11.3 Å². The Labute approximate surface area is 107 Å². The molecule has 0 fully saturated rings. The maximum Gasteiger partial charge on any atom is 0.126 e. The molecule has 0 amide bonds. The van der Waals surface area contributed by atoms with E-state index in [1.807, 2.05) is 20.8 Å². The Bertz CT molecular complexity index is 358.